The monoisotopic (exact) mass is 346 g/mol. The van der Waals surface area contributed by atoms with Crippen LogP contribution in [0.3, 0.4) is 0 Å². The summed E-state index contributed by atoms with van der Waals surface area (Å²) in [5, 5.41) is 19.6. The van der Waals surface area contributed by atoms with E-state index in [0.717, 1.165) is 44.7 Å². The zero-order valence-corrected chi connectivity index (χ0v) is 14.4. The molecule has 3 heterocycles. The molecule has 1 aromatic carbocycles. The Morgan fingerprint density at radius 3 is 2.72 bits per heavy atom. The molecule has 4 rings (SSSR count). The van der Waals surface area contributed by atoms with Gasteiger partial charge in [-0.05, 0) is 30.5 Å². The van der Waals surface area contributed by atoms with Gasteiger partial charge in [-0.2, -0.15) is 0 Å². The molecule has 2 N–H and O–H groups in total. The van der Waals surface area contributed by atoms with Crippen LogP contribution in [0.5, 0.6) is 5.75 Å². The Balaban J connectivity index is 1.46. The number of phenols is 1. The lowest BCUT2D eigenvalue weighted by atomic mass is 9.81. The number of hydrogen-bond acceptors (Lipinski definition) is 5. The van der Waals surface area contributed by atoms with Crippen molar-refractivity contribution in [2.45, 2.75) is 25.4 Å². The summed E-state index contributed by atoms with van der Waals surface area (Å²) in [4.78, 5) is 16.8. The van der Waals surface area contributed by atoms with E-state index in [-0.39, 0.29) is 11.7 Å². The fourth-order valence-corrected chi connectivity index (χ4v) is 4.87. The molecule has 0 aliphatic carbocycles. The number of phenolic OH excluding ortho intramolecular Hbond substituents is 1. The van der Waals surface area contributed by atoms with Crippen molar-refractivity contribution in [3.63, 3.8) is 0 Å². The van der Waals surface area contributed by atoms with Crippen molar-refractivity contribution in [3.05, 3.63) is 29.8 Å². The Morgan fingerprint density at radius 2 is 2.04 bits per heavy atom. The van der Waals surface area contributed by atoms with Crippen LogP contribution < -0.4 is 0 Å². The minimum atomic E-state index is -0.662. The Labute approximate surface area is 148 Å². The molecule has 0 aromatic heterocycles. The summed E-state index contributed by atoms with van der Waals surface area (Å²) >= 11 is 0. The van der Waals surface area contributed by atoms with E-state index in [2.05, 4.69) is 9.80 Å². The average molecular weight is 346 g/mol. The summed E-state index contributed by atoms with van der Waals surface area (Å²) in [7, 11) is 0. The third-order valence-corrected chi connectivity index (χ3v) is 6.16. The van der Waals surface area contributed by atoms with Gasteiger partial charge in [-0.1, -0.05) is 12.1 Å². The smallest absolute Gasteiger partial charge is 0.312 e. The van der Waals surface area contributed by atoms with E-state index in [1.807, 2.05) is 12.1 Å². The summed E-state index contributed by atoms with van der Waals surface area (Å²) in [6.45, 7) is 5.17. The number of aromatic hydroxyl groups is 1. The molecule has 2 atom stereocenters. The van der Waals surface area contributed by atoms with Crippen molar-refractivity contribution in [3.8, 4) is 5.75 Å². The van der Waals surface area contributed by atoms with Gasteiger partial charge < -0.3 is 14.9 Å². The number of fused-ring (bicyclic) bond motifs is 1. The number of aliphatic carboxylic acids is 1. The first-order chi connectivity index (χ1) is 12.1. The van der Waals surface area contributed by atoms with E-state index in [1.54, 1.807) is 12.1 Å². The Bertz CT molecular complexity index is 646. The third kappa shape index (κ3) is 3.14. The van der Waals surface area contributed by atoms with Gasteiger partial charge in [0.15, 0.2) is 0 Å². The summed E-state index contributed by atoms with van der Waals surface area (Å²) in [5.41, 5.74) is 0.372. The molecule has 25 heavy (non-hydrogen) atoms. The normalized spacial score (nSPS) is 31.3. The predicted molar refractivity (Wildman–Crippen MR) is 92.4 cm³/mol. The van der Waals surface area contributed by atoms with Crippen molar-refractivity contribution in [1.82, 2.24) is 9.80 Å². The lowest BCUT2D eigenvalue weighted by molar-refractivity contribution is -0.149. The van der Waals surface area contributed by atoms with Crippen LogP contribution in [0.2, 0.25) is 0 Å². The highest BCUT2D eigenvalue weighted by Crippen LogP contribution is 2.44. The fraction of sp³-hybridized carbons (Fsp3) is 0.632. The molecule has 0 amide bonds. The summed E-state index contributed by atoms with van der Waals surface area (Å²) < 4.78 is 5.45. The quantitative estimate of drug-likeness (QED) is 0.858. The average Bonchev–Trinajstić information content (AvgIpc) is 3.11. The summed E-state index contributed by atoms with van der Waals surface area (Å²) in [5.74, 6) is -0.230. The fourth-order valence-electron chi connectivity index (χ4n) is 4.87. The highest BCUT2D eigenvalue weighted by Gasteiger charge is 2.58. The van der Waals surface area contributed by atoms with Gasteiger partial charge in [0.2, 0.25) is 0 Å². The first-order valence-electron chi connectivity index (χ1n) is 9.12. The van der Waals surface area contributed by atoms with Gasteiger partial charge in [0.1, 0.15) is 5.75 Å². The van der Waals surface area contributed by atoms with Gasteiger partial charge in [-0.25, -0.2) is 0 Å². The number of benzene rings is 1. The first kappa shape index (κ1) is 16.8. The zero-order chi connectivity index (χ0) is 17.4. The number of nitrogens with zero attached hydrogens (tertiary/aromatic N) is 2. The molecule has 136 valence electrons. The van der Waals surface area contributed by atoms with Gasteiger partial charge in [0.05, 0.1) is 5.41 Å². The second kappa shape index (κ2) is 6.59. The van der Waals surface area contributed by atoms with Crippen molar-refractivity contribution >= 4 is 5.97 Å². The molecule has 6 nitrogen and oxygen atoms in total. The molecule has 1 aromatic rings. The minimum Gasteiger partial charge on any atom is -0.508 e. The van der Waals surface area contributed by atoms with Crippen LogP contribution in [0.15, 0.2) is 24.3 Å². The van der Waals surface area contributed by atoms with E-state index < -0.39 is 11.4 Å². The van der Waals surface area contributed by atoms with Gasteiger partial charge in [-0.3, -0.25) is 14.6 Å². The van der Waals surface area contributed by atoms with Crippen LogP contribution in [0.4, 0.5) is 0 Å². The Hall–Kier alpha value is -1.63. The van der Waals surface area contributed by atoms with Crippen molar-refractivity contribution in [2.24, 2.45) is 11.3 Å². The molecule has 0 bridgehead atoms. The molecule has 3 aliphatic rings. The molecule has 0 radical (unpaired) electrons. The molecular weight excluding hydrogens is 320 g/mol. The minimum absolute atomic E-state index is 0.171. The van der Waals surface area contributed by atoms with Crippen molar-refractivity contribution in [2.75, 3.05) is 39.4 Å². The molecule has 3 fully saturated rings. The van der Waals surface area contributed by atoms with E-state index in [0.29, 0.717) is 25.7 Å². The standard InChI is InChI=1S/C19H26N2O4/c22-17-3-1-2-14(8-17)9-20-10-15-11-21(16-4-6-25-7-5-16)13-19(15,12-20)18(23)24/h1-3,8,15-16,22H,4-7,9-13H2,(H,23,24). The van der Waals surface area contributed by atoms with Crippen molar-refractivity contribution in [1.29, 1.82) is 0 Å². The number of carboxylic acid groups (broad SMARTS) is 1. The van der Waals surface area contributed by atoms with Crippen LogP contribution in [0.25, 0.3) is 0 Å². The second-order valence-electron chi connectivity index (χ2n) is 7.77. The topological polar surface area (TPSA) is 73.2 Å². The molecule has 6 heteroatoms. The maximum absolute atomic E-state index is 12.2. The van der Waals surface area contributed by atoms with E-state index >= 15 is 0 Å². The number of carboxylic acids is 1. The summed E-state index contributed by atoms with van der Waals surface area (Å²) in [6.07, 6.45) is 2.02. The van der Waals surface area contributed by atoms with Gasteiger partial charge in [0, 0.05) is 57.9 Å². The molecule has 3 saturated heterocycles. The van der Waals surface area contributed by atoms with Gasteiger partial charge in [0.25, 0.3) is 0 Å². The van der Waals surface area contributed by atoms with Gasteiger partial charge >= 0.3 is 5.97 Å². The lowest BCUT2D eigenvalue weighted by Crippen LogP contribution is -2.44. The van der Waals surface area contributed by atoms with Crippen LogP contribution in [0, 0.1) is 11.3 Å². The van der Waals surface area contributed by atoms with E-state index in [4.69, 9.17) is 4.74 Å². The van der Waals surface area contributed by atoms with Crippen LogP contribution in [0.1, 0.15) is 18.4 Å². The molecule has 3 aliphatic heterocycles. The maximum Gasteiger partial charge on any atom is 0.312 e. The highest BCUT2D eigenvalue weighted by molar-refractivity contribution is 5.77. The zero-order valence-electron chi connectivity index (χ0n) is 14.4. The number of rotatable bonds is 4. The highest BCUT2D eigenvalue weighted by atomic mass is 16.5. The Morgan fingerprint density at radius 1 is 1.24 bits per heavy atom. The largest absolute Gasteiger partial charge is 0.508 e. The van der Waals surface area contributed by atoms with Crippen LogP contribution in [-0.4, -0.2) is 71.4 Å². The third-order valence-electron chi connectivity index (χ3n) is 6.16. The molecule has 2 unspecified atom stereocenters. The maximum atomic E-state index is 12.2. The molecule has 0 spiro atoms. The predicted octanol–water partition coefficient (Wildman–Crippen LogP) is 1.39. The molecular formula is C19H26N2O4. The number of carbonyl (C=O) groups is 1. The van der Waals surface area contributed by atoms with Crippen LogP contribution >= 0.6 is 0 Å². The number of ether oxygens (including phenoxy) is 1. The SMILES string of the molecule is O=C(O)C12CN(Cc3cccc(O)c3)CC1CN(C1CCOCC1)C2. The summed E-state index contributed by atoms with van der Waals surface area (Å²) in [6, 6.07) is 7.70. The molecule has 0 saturated carbocycles. The number of hydrogen-bond donors (Lipinski definition) is 2. The Kier molecular flexibility index (Phi) is 4.43. The first-order valence-corrected chi connectivity index (χ1v) is 9.12. The van der Waals surface area contributed by atoms with E-state index in [1.165, 1.54) is 0 Å². The lowest BCUT2D eigenvalue weighted by Gasteiger charge is -2.33. The van der Waals surface area contributed by atoms with Crippen molar-refractivity contribution < 1.29 is 19.7 Å². The van der Waals surface area contributed by atoms with Gasteiger partial charge in [-0.15, -0.1) is 0 Å². The van der Waals surface area contributed by atoms with E-state index in [9.17, 15) is 15.0 Å². The van der Waals surface area contributed by atoms with Crippen LogP contribution in [-0.2, 0) is 16.1 Å². The number of likely N-dealkylation sites (tertiary alicyclic amines) is 2. The second-order valence-corrected chi connectivity index (χ2v) is 7.77.